The van der Waals surface area contributed by atoms with Crippen LogP contribution in [0.3, 0.4) is 0 Å². The Morgan fingerprint density at radius 1 is 1.33 bits per heavy atom. The maximum Gasteiger partial charge on any atom is 0.320 e. The molecule has 0 radical (unpaired) electrons. The van der Waals surface area contributed by atoms with Crippen LogP contribution in [-0.4, -0.2) is 34.2 Å². The van der Waals surface area contributed by atoms with Crippen molar-refractivity contribution >= 4 is 11.9 Å². The Morgan fingerprint density at radius 3 is 2.17 bits per heavy atom. The lowest BCUT2D eigenvalue weighted by Gasteiger charge is -2.08. The molecule has 0 aliphatic carbocycles. The fourth-order valence-corrected chi connectivity index (χ4v) is 0.603. The predicted molar refractivity (Wildman–Crippen MR) is 40.0 cm³/mol. The number of carbonyl (C=O) groups is 2. The van der Waals surface area contributed by atoms with Crippen LogP contribution in [0.1, 0.15) is 12.8 Å². The highest BCUT2D eigenvalue weighted by molar-refractivity contribution is 5.78. The van der Waals surface area contributed by atoms with Gasteiger partial charge in [0.15, 0.2) is 0 Å². The molecule has 1 amide bonds. The topological polar surface area (TPSA) is 127 Å². The highest BCUT2D eigenvalue weighted by Gasteiger charge is 2.16. The largest absolute Gasteiger partial charge is 0.480 e. The van der Waals surface area contributed by atoms with Crippen molar-refractivity contribution in [3.8, 4) is 0 Å². The first-order valence-electron chi connectivity index (χ1n) is 3.41. The first-order chi connectivity index (χ1) is 5.45. The van der Waals surface area contributed by atoms with Crippen molar-refractivity contribution in [2.45, 2.75) is 25.0 Å². The minimum absolute atomic E-state index is 0.0250. The molecule has 0 aliphatic rings. The first kappa shape index (κ1) is 10.9. The lowest BCUT2D eigenvalue weighted by atomic mass is 10.1. The molecule has 0 bridgehead atoms. The van der Waals surface area contributed by atoms with Crippen molar-refractivity contribution in [1.82, 2.24) is 0 Å². The molecule has 0 heterocycles. The molecule has 0 saturated heterocycles. The average molecular weight is 176 g/mol. The number of aliphatic carboxylic acids is 1. The Balaban J connectivity index is 3.68. The molecule has 12 heavy (non-hydrogen) atoms. The maximum absolute atomic E-state index is 10.3. The van der Waals surface area contributed by atoms with E-state index in [0.717, 1.165) is 0 Å². The van der Waals surface area contributed by atoms with E-state index in [4.69, 9.17) is 21.7 Å². The summed E-state index contributed by atoms with van der Waals surface area (Å²) < 4.78 is 0. The van der Waals surface area contributed by atoms with E-state index < -0.39 is 24.0 Å². The minimum Gasteiger partial charge on any atom is -0.480 e. The maximum atomic E-state index is 10.3. The molecule has 6 heteroatoms. The molecule has 2 atom stereocenters. The second-order valence-corrected chi connectivity index (χ2v) is 2.44. The first-order valence-corrected chi connectivity index (χ1v) is 3.41. The number of carbonyl (C=O) groups excluding carboxylic acids is 1. The van der Waals surface area contributed by atoms with E-state index >= 15 is 0 Å². The average Bonchev–Trinajstić information content (AvgIpc) is 1.98. The SMILES string of the molecule is NC(=O)C(O)CCC(N)C(=O)O. The van der Waals surface area contributed by atoms with E-state index in [0.29, 0.717) is 0 Å². The van der Waals surface area contributed by atoms with Gasteiger partial charge in [-0.15, -0.1) is 0 Å². The van der Waals surface area contributed by atoms with Crippen LogP contribution in [-0.2, 0) is 9.59 Å². The number of carboxylic acids is 1. The quantitative estimate of drug-likeness (QED) is 0.386. The minimum atomic E-state index is -1.31. The summed E-state index contributed by atoms with van der Waals surface area (Å²) in [6, 6.07) is -1.06. The fraction of sp³-hybridized carbons (Fsp3) is 0.667. The monoisotopic (exact) mass is 176 g/mol. The fourth-order valence-electron chi connectivity index (χ4n) is 0.603. The van der Waals surface area contributed by atoms with Gasteiger partial charge in [0, 0.05) is 0 Å². The molecule has 0 rings (SSSR count). The van der Waals surface area contributed by atoms with E-state index in [2.05, 4.69) is 0 Å². The van der Waals surface area contributed by atoms with Crippen molar-refractivity contribution in [2.24, 2.45) is 11.5 Å². The molecular weight excluding hydrogens is 164 g/mol. The van der Waals surface area contributed by atoms with Crippen LogP contribution >= 0.6 is 0 Å². The lowest BCUT2D eigenvalue weighted by Crippen LogP contribution is -2.34. The second kappa shape index (κ2) is 4.68. The van der Waals surface area contributed by atoms with E-state index in [1.54, 1.807) is 0 Å². The molecular formula is C6H12N2O4. The van der Waals surface area contributed by atoms with Gasteiger partial charge < -0.3 is 21.7 Å². The Bertz CT molecular complexity index is 162. The zero-order valence-corrected chi connectivity index (χ0v) is 6.43. The Kier molecular flexibility index (Phi) is 4.24. The molecule has 0 aromatic carbocycles. The number of aliphatic hydroxyl groups is 1. The van der Waals surface area contributed by atoms with Crippen LogP contribution < -0.4 is 11.5 Å². The summed E-state index contributed by atoms with van der Waals surface area (Å²) in [6.07, 6.45) is -1.31. The third-order valence-corrected chi connectivity index (χ3v) is 1.40. The molecule has 0 aromatic rings. The van der Waals surface area contributed by atoms with Gasteiger partial charge >= 0.3 is 5.97 Å². The van der Waals surface area contributed by atoms with Gasteiger partial charge in [0.1, 0.15) is 12.1 Å². The van der Waals surface area contributed by atoms with Gasteiger partial charge in [0.05, 0.1) is 0 Å². The van der Waals surface area contributed by atoms with Gasteiger partial charge in [-0.3, -0.25) is 9.59 Å². The van der Waals surface area contributed by atoms with E-state index in [1.807, 2.05) is 0 Å². The van der Waals surface area contributed by atoms with Crippen LogP contribution in [0.2, 0.25) is 0 Å². The summed E-state index contributed by atoms with van der Waals surface area (Å²) in [6.45, 7) is 0. The van der Waals surface area contributed by atoms with Gasteiger partial charge in [-0.1, -0.05) is 0 Å². The van der Waals surface area contributed by atoms with Crippen LogP contribution in [0, 0.1) is 0 Å². The summed E-state index contributed by atoms with van der Waals surface area (Å²) >= 11 is 0. The summed E-state index contributed by atoms with van der Waals surface area (Å²) in [5.41, 5.74) is 9.82. The van der Waals surface area contributed by atoms with E-state index in [9.17, 15) is 9.59 Å². The Labute approximate surface area is 69.2 Å². The van der Waals surface area contributed by atoms with Crippen LogP contribution in [0.4, 0.5) is 0 Å². The molecule has 6 nitrogen and oxygen atoms in total. The molecule has 0 aliphatic heterocycles. The number of nitrogens with two attached hydrogens (primary N) is 2. The highest BCUT2D eigenvalue weighted by Crippen LogP contribution is 1.99. The second-order valence-electron chi connectivity index (χ2n) is 2.44. The van der Waals surface area contributed by atoms with Gasteiger partial charge in [-0.2, -0.15) is 0 Å². The standard InChI is InChI=1S/C6H12N2O4/c7-3(6(11)12)1-2-4(9)5(8)10/h3-4,9H,1-2,7H2,(H2,8,10)(H,11,12). The third kappa shape index (κ3) is 3.89. The van der Waals surface area contributed by atoms with Crippen molar-refractivity contribution in [2.75, 3.05) is 0 Å². The summed E-state index contributed by atoms with van der Waals surface area (Å²) in [7, 11) is 0. The highest BCUT2D eigenvalue weighted by atomic mass is 16.4. The number of aliphatic hydroxyl groups excluding tert-OH is 1. The number of carboxylic acid groups (broad SMARTS) is 1. The molecule has 0 spiro atoms. The number of hydrogen-bond donors (Lipinski definition) is 4. The molecule has 0 saturated carbocycles. The van der Waals surface area contributed by atoms with E-state index in [-0.39, 0.29) is 12.8 Å². The van der Waals surface area contributed by atoms with Crippen LogP contribution in [0.25, 0.3) is 0 Å². The summed E-state index contributed by atoms with van der Waals surface area (Å²) in [5, 5.41) is 17.1. The normalized spacial score (nSPS) is 15.2. The van der Waals surface area contributed by atoms with Crippen LogP contribution in [0.15, 0.2) is 0 Å². The Hall–Kier alpha value is -1.14. The Morgan fingerprint density at radius 2 is 1.83 bits per heavy atom. The zero-order chi connectivity index (χ0) is 9.72. The zero-order valence-electron chi connectivity index (χ0n) is 6.43. The summed E-state index contributed by atoms with van der Waals surface area (Å²) in [5.74, 6) is -2.03. The van der Waals surface area contributed by atoms with Crippen molar-refractivity contribution in [3.05, 3.63) is 0 Å². The number of primary amides is 1. The molecule has 0 fully saturated rings. The van der Waals surface area contributed by atoms with Crippen LogP contribution in [0.5, 0.6) is 0 Å². The molecule has 2 unspecified atom stereocenters. The number of rotatable bonds is 5. The number of hydrogen-bond acceptors (Lipinski definition) is 4. The van der Waals surface area contributed by atoms with Gasteiger partial charge in [-0.25, -0.2) is 0 Å². The molecule has 70 valence electrons. The van der Waals surface area contributed by atoms with Gasteiger partial charge in [-0.05, 0) is 12.8 Å². The van der Waals surface area contributed by atoms with Gasteiger partial charge in [0.25, 0.3) is 0 Å². The summed E-state index contributed by atoms with van der Waals surface area (Å²) in [4.78, 5) is 20.4. The van der Waals surface area contributed by atoms with Crippen molar-refractivity contribution < 1.29 is 19.8 Å². The van der Waals surface area contributed by atoms with Crippen molar-refractivity contribution in [3.63, 3.8) is 0 Å². The lowest BCUT2D eigenvalue weighted by molar-refractivity contribution is -0.139. The third-order valence-electron chi connectivity index (χ3n) is 1.40. The smallest absolute Gasteiger partial charge is 0.320 e. The van der Waals surface area contributed by atoms with Crippen molar-refractivity contribution in [1.29, 1.82) is 0 Å². The predicted octanol–water partition coefficient (Wildman–Crippen LogP) is -1.98. The number of amides is 1. The van der Waals surface area contributed by atoms with E-state index in [1.165, 1.54) is 0 Å². The molecule has 0 aromatic heterocycles. The van der Waals surface area contributed by atoms with Gasteiger partial charge in [0.2, 0.25) is 5.91 Å². The molecule has 6 N–H and O–H groups in total.